The van der Waals surface area contributed by atoms with Crippen LogP contribution in [0.2, 0.25) is 0 Å². The molecular formula is C17H33N3O. The standard InChI is InChI=1S/C17H33N3O/c1-14-6-8-15(9-7-14)19(2)17(21)13-20-12-4-3-5-16(20)10-11-18/h14-16H,3-13,18H2,1-2H3. The minimum Gasteiger partial charge on any atom is -0.342 e. The second-order valence-corrected chi connectivity index (χ2v) is 7.12. The summed E-state index contributed by atoms with van der Waals surface area (Å²) >= 11 is 0. The van der Waals surface area contributed by atoms with Crippen molar-refractivity contribution in [3.8, 4) is 0 Å². The maximum absolute atomic E-state index is 12.6. The molecule has 1 unspecified atom stereocenters. The van der Waals surface area contributed by atoms with E-state index in [1.54, 1.807) is 0 Å². The van der Waals surface area contributed by atoms with E-state index in [0.29, 0.717) is 24.5 Å². The van der Waals surface area contributed by atoms with Crippen LogP contribution in [0.5, 0.6) is 0 Å². The van der Waals surface area contributed by atoms with Gasteiger partial charge in [0.15, 0.2) is 0 Å². The van der Waals surface area contributed by atoms with Crippen LogP contribution in [-0.2, 0) is 4.79 Å². The molecule has 2 aliphatic rings. The van der Waals surface area contributed by atoms with E-state index in [1.807, 2.05) is 11.9 Å². The summed E-state index contributed by atoms with van der Waals surface area (Å²) in [6.45, 7) is 4.70. The zero-order chi connectivity index (χ0) is 15.2. The SMILES string of the molecule is CC1CCC(N(C)C(=O)CN2CCCCC2CCN)CC1. The molecule has 4 heteroatoms. The maximum atomic E-state index is 12.6. The van der Waals surface area contributed by atoms with Gasteiger partial charge < -0.3 is 10.6 Å². The van der Waals surface area contributed by atoms with Gasteiger partial charge >= 0.3 is 0 Å². The summed E-state index contributed by atoms with van der Waals surface area (Å²) in [5.74, 6) is 1.14. The summed E-state index contributed by atoms with van der Waals surface area (Å²) in [4.78, 5) is 17.0. The van der Waals surface area contributed by atoms with Crippen LogP contribution >= 0.6 is 0 Å². The van der Waals surface area contributed by atoms with Gasteiger partial charge in [0.1, 0.15) is 0 Å². The quantitative estimate of drug-likeness (QED) is 0.846. The number of likely N-dealkylation sites (tertiary alicyclic amines) is 1. The van der Waals surface area contributed by atoms with E-state index in [9.17, 15) is 4.79 Å². The second kappa shape index (κ2) is 8.14. The first-order valence-corrected chi connectivity index (χ1v) is 8.81. The molecule has 2 fully saturated rings. The Morgan fingerprint density at radius 1 is 1.19 bits per heavy atom. The lowest BCUT2D eigenvalue weighted by Gasteiger charge is -2.38. The lowest BCUT2D eigenvalue weighted by molar-refractivity contribution is -0.135. The van der Waals surface area contributed by atoms with Crippen LogP contribution in [0.3, 0.4) is 0 Å². The molecule has 1 saturated heterocycles. The van der Waals surface area contributed by atoms with E-state index < -0.39 is 0 Å². The summed E-state index contributed by atoms with van der Waals surface area (Å²) < 4.78 is 0. The number of carbonyl (C=O) groups is 1. The monoisotopic (exact) mass is 295 g/mol. The Morgan fingerprint density at radius 3 is 2.57 bits per heavy atom. The molecular weight excluding hydrogens is 262 g/mol. The van der Waals surface area contributed by atoms with Crippen molar-refractivity contribution in [2.75, 3.05) is 26.7 Å². The van der Waals surface area contributed by atoms with Gasteiger partial charge in [-0.2, -0.15) is 0 Å². The predicted molar refractivity (Wildman–Crippen MR) is 87.1 cm³/mol. The Bertz CT molecular complexity index is 324. The molecule has 2 N–H and O–H groups in total. The average Bonchev–Trinajstić information content (AvgIpc) is 2.49. The lowest BCUT2D eigenvalue weighted by Crippen LogP contribution is -2.49. The summed E-state index contributed by atoms with van der Waals surface area (Å²) in [6, 6.07) is 0.985. The fraction of sp³-hybridized carbons (Fsp3) is 0.941. The minimum atomic E-state index is 0.304. The van der Waals surface area contributed by atoms with Crippen LogP contribution in [0.15, 0.2) is 0 Å². The molecule has 0 aromatic heterocycles. The van der Waals surface area contributed by atoms with Crippen molar-refractivity contribution in [3.05, 3.63) is 0 Å². The van der Waals surface area contributed by atoms with Gasteiger partial charge in [-0.05, 0) is 64.0 Å². The Kier molecular flexibility index (Phi) is 6.49. The second-order valence-electron chi connectivity index (χ2n) is 7.12. The Morgan fingerprint density at radius 2 is 1.90 bits per heavy atom. The van der Waals surface area contributed by atoms with Crippen LogP contribution in [0.25, 0.3) is 0 Å². The van der Waals surface area contributed by atoms with Crippen molar-refractivity contribution in [1.29, 1.82) is 0 Å². The molecule has 1 aliphatic heterocycles. The number of nitrogens with zero attached hydrogens (tertiary/aromatic N) is 2. The van der Waals surface area contributed by atoms with Gasteiger partial charge in [0.2, 0.25) is 5.91 Å². The number of amides is 1. The zero-order valence-electron chi connectivity index (χ0n) is 13.9. The third kappa shape index (κ3) is 4.68. The van der Waals surface area contributed by atoms with Crippen molar-refractivity contribution in [3.63, 3.8) is 0 Å². The van der Waals surface area contributed by atoms with Crippen molar-refractivity contribution < 1.29 is 4.79 Å². The first kappa shape index (κ1) is 16.8. The van der Waals surface area contributed by atoms with Gasteiger partial charge in [-0.3, -0.25) is 9.69 Å². The van der Waals surface area contributed by atoms with Gasteiger partial charge in [0.05, 0.1) is 6.54 Å². The fourth-order valence-corrected chi connectivity index (χ4v) is 3.91. The Labute approximate surface area is 130 Å². The topological polar surface area (TPSA) is 49.6 Å². The maximum Gasteiger partial charge on any atom is 0.236 e. The summed E-state index contributed by atoms with van der Waals surface area (Å²) in [6.07, 6.45) is 9.62. The van der Waals surface area contributed by atoms with E-state index in [1.165, 1.54) is 44.9 Å². The number of hydrogen-bond donors (Lipinski definition) is 1. The Hall–Kier alpha value is -0.610. The number of piperidine rings is 1. The van der Waals surface area contributed by atoms with E-state index in [-0.39, 0.29) is 0 Å². The van der Waals surface area contributed by atoms with Gasteiger partial charge in [-0.1, -0.05) is 13.3 Å². The normalized spacial score (nSPS) is 31.1. The molecule has 1 atom stereocenters. The number of hydrogen-bond acceptors (Lipinski definition) is 3. The van der Waals surface area contributed by atoms with E-state index in [2.05, 4.69) is 11.8 Å². The van der Waals surface area contributed by atoms with Crippen molar-refractivity contribution in [2.45, 2.75) is 70.4 Å². The van der Waals surface area contributed by atoms with Crippen molar-refractivity contribution in [1.82, 2.24) is 9.80 Å². The Balaban J connectivity index is 1.84. The van der Waals surface area contributed by atoms with Crippen LogP contribution in [0.4, 0.5) is 0 Å². The van der Waals surface area contributed by atoms with Gasteiger partial charge in [-0.25, -0.2) is 0 Å². The molecule has 21 heavy (non-hydrogen) atoms. The smallest absolute Gasteiger partial charge is 0.236 e. The highest BCUT2D eigenvalue weighted by molar-refractivity contribution is 5.78. The molecule has 1 saturated carbocycles. The molecule has 1 aliphatic carbocycles. The summed E-state index contributed by atoms with van der Waals surface area (Å²) in [5.41, 5.74) is 5.72. The summed E-state index contributed by atoms with van der Waals surface area (Å²) in [5, 5.41) is 0. The lowest BCUT2D eigenvalue weighted by atomic mass is 9.87. The molecule has 0 aromatic rings. The molecule has 122 valence electrons. The van der Waals surface area contributed by atoms with E-state index in [0.717, 1.165) is 25.4 Å². The molecule has 0 radical (unpaired) electrons. The van der Waals surface area contributed by atoms with Gasteiger partial charge in [-0.15, -0.1) is 0 Å². The van der Waals surface area contributed by atoms with E-state index in [4.69, 9.17) is 5.73 Å². The molecule has 0 bridgehead atoms. The highest BCUT2D eigenvalue weighted by Crippen LogP contribution is 2.27. The largest absolute Gasteiger partial charge is 0.342 e. The molecule has 2 rings (SSSR count). The van der Waals surface area contributed by atoms with Crippen molar-refractivity contribution >= 4 is 5.91 Å². The van der Waals surface area contributed by atoms with Crippen LogP contribution in [0.1, 0.15) is 58.3 Å². The number of carbonyl (C=O) groups excluding carboxylic acids is 1. The summed E-state index contributed by atoms with van der Waals surface area (Å²) in [7, 11) is 2.00. The fourth-order valence-electron chi connectivity index (χ4n) is 3.91. The first-order valence-electron chi connectivity index (χ1n) is 8.81. The van der Waals surface area contributed by atoms with Crippen molar-refractivity contribution in [2.24, 2.45) is 11.7 Å². The number of nitrogens with two attached hydrogens (primary N) is 1. The molecule has 0 spiro atoms. The third-order valence-electron chi connectivity index (χ3n) is 5.51. The van der Waals surface area contributed by atoms with Gasteiger partial charge in [0.25, 0.3) is 0 Å². The third-order valence-corrected chi connectivity index (χ3v) is 5.51. The van der Waals surface area contributed by atoms with Crippen LogP contribution in [-0.4, -0.2) is 54.5 Å². The first-order chi connectivity index (χ1) is 10.1. The highest BCUT2D eigenvalue weighted by atomic mass is 16.2. The predicted octanol–water partition coefficient (Wildman–Crippen LogP) is 2.23. The number of likely N-dealkylation sites (N-methyl/N-ethyl adjacent to an activating group) is 1. The zero-order valence-corrected chi connectivity index (χ0v) is 13.9. The molecule has 1 heterocycles. The minimum absolute atomic E-state index is 0.304. The number of rotatable bonds is 5. The molecule has 4 nitrogen and oxygen atoms in total. The molecule has 1 amide bonds. The van der Waals surface area contributed by atoms with Crippen LogP contribution in [0, 0.1) is 5.92 Å². The average molecular weight is 295 g/mol. The van der Waals surface area contributed by atoms with Gasteiger partial charge in [0, 0.05) is 19.1 Å². The highest BCUT2D eigenvalue weighted by Gasteiger charge is 2.28. The molecule has 0 aromatic carbocycles. The van der Waals surface area contributed by atoms with E-state index >= 15 is 0 Å². The van der Waals surface area contributed by atoms with Crippen LogP contribution < -0.4 is 5.73 Å².